The van der Waals surface area contributed by atoms with Crippen LogP contribution in [-0.2, 0) is 12.5 Å². The molecule has 0 spiro atoms. The van der Waals surface area contributed by atoms with Gasteiger partial charge in [-0.3, -0.25) is 9.36 Å². The van der Waals surface area contributed by atoms with E-state index in [1.165, 1.54) is 0 Å². The number of rotatable bonds is 2. The molecule has 1 heterocycles. The fraction of sp³-hybridized carbons (Fsp3) is 0.500. The van der Waals surface area contributed by atoms with Crippen LogP contribution in [0.25, 0.3) is 10.9 Å². The molecule has 0 radical (unpaired) electrons. The van der Waals surface area contributed by atoms with Crippen molar-refractivity contribution in [2.24, 2.45) is 12.8 Å². The summed E-state index contributed by atoms with van der Waals surface area (Å²) >= 11 is 0. The highest BCUT2D eigenvalue weighted by molar-refractivity contribution is 5.82. The van der Waals surface area contributed by atoms with Crippen molar-refractivity contribution < 1.29 is 0 Å². The number of nitrogens with two attached hydrogens (primary N) is 1. The van der Waals surface area contributed by atoms with Gasteiger partial charge in [0.25, 0.3) is 5.56 Å². The third kappa shape index (κ3) is 1.86. The summed E-state index contributed by atoms with van der Waals surface area (Å²) in [6, 6.07) is 3.82. The van der Waals surface area contributed by atoms with Gasteiger partial charge in [0, 0.05) is 18.5 Å². The zero-order valence-electron chi connectivity index (χ0n) is 12.5. The molecular formula is C16H21N3O. The van der Waals surface area contributed by atoms with Crippen LogP contribution in [-0.4, -0.2) is 9.55 Å². The average molecular weight is 271 g/mol. The van der Waals surface area contributed by atoms with Crippen LogP contribution in [0.2, 0.25) is 0 Å². The fourth-order valence-corrected chi connectivity index (χ4v) is 2.85. The first-order valence-corrected chi connectivity index (χ1v) is 7.11. The van der Waals surface area contributed by atoms with Crippen LogP contribution in [0, 0.1) is 6.92 Å². The molecule has 1 atom stereocenters. The van der Waals surface area contributed by atoms with Gasteiger partial charge in [0.15, 0.2) is 0 Å². The number of benzene rings is 1. The lowest BCUT2D eigenvalue weighted by Crippen LogP contribution is -2.27. The molecule has 1 saturated carbocycles. The predicted octanol–water partition coefficient (Wildman–Crippen LogP) is 2.31. The van der Waals surface area contributed by atoms with Crippen LogP contribution in [0.4, 0.5) is 0 Å². The Bertz CT molecular complexity index is 754. The van der Waals surface area contributed by atoms with Gasteiger partial charge in [0.1, 0.15) is 5.82 Å². The van der Waals surface area contributed by atoms with Crippen molar-refractivity contribution in [1.29, 1.82) is 0 Å². The Morgan fingerprint density at radius 1 is 1.40 bits per heavy atom. The molecule has 0 aliphatic heterocycles. The first-order chi connectivity index (χ1) is 9.33. The lowest BCUT2D eigenvalue weighted by molar-refractivity contribution is 0.631. The number of hydrogen-bond acceptors (Lipinski definition) is 3. The van der Waals surface area contributed by atoms with Gasteiger partial charge in [0.05, 0.1) is 10.9 Å². The molecule has 1 fully saturated rings. The van der Waals surface area contributed by atoms with Gasteiger partial charge in [-0.05, 0) is 43.9 Å². The Morgan fingerprint density at radius 2 is 2.05 bits per heavy atom. The summed E-state index contributed by atoms with van der Waals surface area (Å²) in [5, 5.41) is 0.674. The van der Waals surface area contributed by atoms with E-state index in [9.17, 15) is 4.79 Å². The Hall–Kier alpha value is -1.68. The van der Waals surface area contributed by atoms with E-state index in [0.717, 1.165) is 35.3 Å². The second-order valence-electron chi connectivity index (χ2n) is 6.40. The number of nitrogens with zero attached hydrogens (tertiary/aromatic N) is 2. The maximum atomic E-state index is 12.6. The maximum Gasteiger partial charge on any atom is 0.261 e. The minimum absolute atomic E-state index is 0.0312. The van der Waals surface area contributed by atoms with Crippen LogP contribution in [0.5, 0.6) is 0 Å². The Balaban J connectivity index is 2.43. The standard InChI is InChI=1S/C16H21N3O/c1-9-7-11(10(2)17)13-12(8-9)14(20)19(4)15(18-13)16(3)5-6-16/h7-8,10H,5-6,17H2,1-4H3. The van der Waals surface area contributed by atoms with E-state index in [2.05, 4.69) is 6.92 Å². The minimum Gasteiger partial charge on any atom is -0.324 e. The van der Waals surface area contributed by atoms with E-state index in [-0.39, 0.29) is 17.0 Å². The monoisotopic (exact) mass is 271 g/mol. The Kier molecular flexibility index (Phi) is 2.77. The summed E-state index contributed by atoms with van der Waals surface area (Å²) in [5.74, 6) is 0.890. The van der Waals surface area contributed by atoms with E-state index < -0.39 is 0 Å². The maximum absolute atomic E-state index is 12.6. The lowest BCUT2D eigenvalue weighted by Gasteiger charge is -2.17. The second kappa shape index (κ2) is 4.16. The average Bonchev–Trinajstić information content (AvgIpc) is 3.12. The van der Waals surface area contributed by atoms with Crippen LogP contribution >= 0.6 is 0 Å². The molecule has 3 rings (SSSR count). The van der Waals surface area contributed by atoms with Crippen LogP contribution < -0.4 is 11.3 Å². The third-order valence-electron chi connectivity index (χ3n) is 4.38. The van der Waals surface area contributed by atoms with Crippen LogP contribution in [0.1, 0.15) is 49.7 Å². The van der Waals surface area contributed by atoms with Gasteiger partial charge in [-0.2, -0.15) is 0 Å². The zero-order chi connectivity index (χ0) is 14.7. The van der Waals surface area contributed by atoms with Gasteiger partial charge < -0.3 is 5.73 Å². The molecule has 1 unspecified atom stereocenters. The zero-order valence-corrected chi connectivity index (χ0v) is 12.5. The molecule has 0 amide bonds. The number of hydrogen-bond donors (Lipinski definition) is 1. The molecule has 0 bridgehead atoms. The van der Waals surface area contributed by atoms with Crippen molar-refractivity contribution in [3.63, 3.8) is 0 Å². The molecule has 106 valence electrons. The molecule has 1 aliphatic rings. The van der Waals surface area contributed by atoms with Crippen LogP contribution in [0.3, 0.4) is 0 Å². The van der Waals surface area contributed by atoms with E-state index in [4.69, 9.17) is 10.7 Å². The highest BCUT2D eigenvalue weighted by Crippen LogP contribution is 2.46. The summed E-state index contributed by atoms with van der Waals surface area (Å²) in [6.07, 6.45) is 2.19. The Morgan fingerprint density at radius 3 is 2.60 bits per heavy atom. The normalized spacial score (nSPS) is 18.2. The van der Waals surface area contributed by atoms with Gasteiger partial charge in [0.2, 0.25) is 0 Å². The molecule has 1 aromatic heterocycles. The second-order valence-corrected chi connectivity index (χ2v) is 6.40. The van der Waals surface area contributed by atoms with Gasteiger partial charge in [-0.15, -0.1) is 0 Å². The summed E-state index contributed by atoms with van der Waals surface area (Å²) in [5.41, 5.74) is 8.94. The highest BCUT2D eigenvalue weighted by Gasteiger charge is 2.43. The molecular weight excluding hydrogens is 250 g/mol. The van der Waals surface area contributed by atoms with E-state index in [1.54, 1.807) is 4.57 Å². The molecule has 4 nitrogen and oxygen atoms in total. The summed E-state index contributed by atoms with van der Waals surface area (Å²) < 4.78 is 1.71. The predicted molar refractivity (Wildman–Crippen MR) is 80.9 cm³/mol. The number of aryl methyl sites for hydroxylation is 1. The topological polar surface area (TPSA) is 60.9 Å². The SMILES string of the molecule is Cc1cc(C(C)N)c2nc(C3(C)CC3)n(C)c(=O)c2c1. The largest absolute Gasteiger partial charge is 0.324 e. The van der Waals surface area contributed by atoms with Crippen molar-refractivity contribution in [3.05, 3.63) is 39.4 Å². The fourth-order valence-electron chi connectivity index (χ4n) is 2.85. The van der Waals surface area contributed by atoms with Gasteiger partial charge in [-0.25, -0.2) is 4.98 Å². The van der Waals surface area contributed by atoms with Gasteiger partial charge in [-0.1, -0.05) is 13.0 Å². The smallest absolute Gasteiger partial charge is 0.261 e. The van der Waals surface area contributed by atoms with E-state index in [0.29, 0.717) is 5.39 Å². The molecule has 2 N–H and O–H groups in total. The van der Waals surface area contributed by atoms with Crippen molar-refractivity contribution in [2.75, 3.05) is 0 Å². The molecule has 1 aromatic carbocycles. The quantitative estimate of drug-likeness (QED) is 0.911. The Labute approximate surface area is 118 Å². The van der Waals surface area contributed by atoms with Crippen molar-refractivity contribution >= 4 is 10.9 Å². The summed E-state index contributed by atoms with van der Waals surface area (Å²) in [7, 11) is 1.82. The highest BCUT2D eigenvalue weighted by atomic mass is 16.1. The molecule has 1 aliphatic carbocycles. The van der Waals surface area contributed by atoms with E-state index in [1.807, 2.05) is 33.0 Å². The van der Waals surface area contributed by atoms with E-state index >= 15 is 0 Å². The molecule has 20 heavy (non-hydrogen) atoms. The third-order valence-corrected chi connectivity index (χ3v) is 4.38. The number of fused-ring (bicyclic) bond motifs is 1. The van der Waals surface area contributed by atoms with Crippen molar-refractivity contribution in [1.82, 2.24) is 9.55 Å². The van der Waals surface area contributed by atoms with Crippen molar-refractivity contribution in [2.45, 2.75) is 45.1 Å². The summed E-state index contributed by atoms with van der Waals surface area (Å²) in [6.45, 7) is 6.09. The molecule has 4 heteroatoms. The minimum atomic E-state index is -0.128. The number of aromatic nitrogens is 2. The first-order valence-electron chi connectivity index (χ1n) is 7.11. The molecule has 0 saturated heterocycles. The summed E-state index contributed by atoms with van der Waals surface area (Å²) in [4.78, 5) is 17.4. The van der Waals surface area contributed by atoms with Crippen molar-refractivity contribution in [3.8, 4) is 0 Å². The van der Waals surface area contributed by atoms with Gasteiger partial charge >= 0.3 is 0 Å². The van der Waals surface area contributed by atoms with Crippen LogP contribution in [0.15, 0.2) is 16.9 Å². The first kappa shape index (κ1) is 13.3. The molecule has 2 aromatic rings. The lowest BCUT2D eigenvalue weighted by atomic mass is 10.0.